The Morgan fingerprint density at radius 3 is 2.38 bits per heavy atom. The molecule has 4 nitrogen and oxygen atoms in total. The second-order valence-corrected chi connectivity index (χ2v) is 6.17. The van der Waals surface area contributed by atoms with E-state index in [1.165, 1.54) is 5.56 Å². The summed E-state index contributed by atoms with van der Waals surface area (Å²) in [7, 11) is 1.65. The molecular weight excluding hydrogens is 266 g/mol. The predicted molar refractivity (Wildman–Crippen MR) is 84.7 cm³/mol. The van der Waals surface area contributed by atoms with Crippen molar-refractivity contribution < 1.29 is 14.3 Å². The van der Waals surface area contributed by atoms with Gasteiger partial charge < -0.3 is 14.8 Å². The predicted octanol–water partition coefficient (Wildman–Crippen LogP) is 2.90. The molecule has 0 fully saturated rings. The summed E-state index contributed by atoms with van der Waals surface area (Å²) in [5.41, 5.74) is 1.36. The Balaban J connectivity index is 2.47. The maximum absolute atomic E-state index is 11.9. The molecule has 0 aliphatic rings. The van der Waals surface area contributed by atoms with Gasteiger partial charge in [-0.2, -0.15) is 0 Å². The molecule has 0 saturated heterocycles. The van der Waals surface area contributed by atoms with Crippen molar-refractivity contribution in [3.63, 3.8) is 0 Å². The standard InChI is InChI=1S/C17H27NO3/c1-13(16(19)18-11-6-12-20-5)21-15-9-7-14(8-10-15)17(2,3)4/h7-10,13H,6,11-12H2,1-5H3,(H,18,19). The van der Waals surface area contributed by atoms with Gasteiger partial charge in [-0.15, -0.1) is 0 Å². The van der Waals surface area contributed by atoms with E-state index in [-0.39, 0.29) is 11.3 Å². The van der Waals surface area contributed by atoms with E-state index in [0.29, 0.717) is 18.9 Å². The maximum atomic E-state index is 11.9. The van der Waals surface area contributed by atoms with Crippen LogP contribution in [0.2, 0.25) is 0 Å². The van der Waals surface area contributed by atoms with Crippen molar-refractivity contribution in [2.24, 2.45) is 0 Å². The fourth-order valence-corrected chi connectivity index (χ4v) is 1.86. The van der Waals surface area contributed by atoms with Crippen molar-refractivity contribution in [2.45, 2.75) is 45.6 Å². The van der Waals surface area contributed by atoms with Crippen LogP contribution < -0.4 is 10.1 Å². The lowest BCUT2D eigenvalue weighted by molar-refractivity contribution is -0.127. The first-order chi connectivity index (χ1) is 9.84. The number of hydrogen-bond donors (Lipinski definition) is 1. The normalized spacial score (nSPS) is 12.8. The lowest BCUT2D eigenvalue weighted by atomic mass is 9.87. The van der Waals surface area contributed by atoms with Gasteiger partial charge in [-0.25, -0.2) is 0 Å². The van der Waals surface area contributed by atoms with Crippen LogP contribution in [-0.4, -0.2) is 32.3 Å². The van der Waals surface area contributed by atoms with Crippen LogP contribution in [0.15, 0.2) is 24.3 Å². The van der Waals surface area contributed by atoms with Crippen molar-refractivity contribution in [3.05, 3.63) is 29.8 Å². The monoisotopic (exact) mass is 293 g/mol. The number of ether oxygens (including phenoxy) is 2. The van der Waals surface area contributed by atoms with Gasteiger partial charge in [0.1, 0.15) is 5.75 Å². The molecule has 1 rings (SSSR count). The number of carbonyl (C=O) groups is 1. The SMILES string of the molecule is COCCCNC(=O)C(C)Oc1ccc(C(C)(C)C)cc1. The highest BCUT2D eigenvalue weighted by Crippen LogP contribution is 2.24. The van der Waals surface area contributed by atoms with E-state index in [4.69, 9.17) is 9.47 Å². The summed E-state index contributed by atoms with van der Waals surface area (Å²) in [6.07, 6.45) is 0.294. The molecule has 0 aliphatic carbocycles. The van der Waals surface area contributed by atoms with Crippen molar-refractivity contribution in [1.82, 2.24) is 5.32 Å². The van der Waals surface area contributed by atoms with Gasteiger partial charge in [0.05, 0.1) is 0 Å². The van der Waals surface area contributed by atoms with E-state index in [2.05, 4.69) is 26.1 Å². The largest absolute Gasteiger partial charge is 0.481 e. The Bertz CT molecular complexity index is 434. The molecular formula is C17H27NO3. The molecule has 0 heterocycles. The first-order valence-corrected chi connectivity index (χ1v) is 7.38. The highest BCUT2D eigenvalue weighted by atomic mass is 16.5. The number of amides is 1. The molecule has 1 N–H and O–H groups in total. The smallest absolute Gasteiger partial charge is 0.260 e. The van der Waals surface area contributed by atoms with Gasteiger partial charge in [0.25, 0.3) is 5.91 Å². The number of hydrogen-bond acceptors (Lipinski definition) is 3. The quantitative estimate of drug-likeness (QED) is 0.786. The third-order valence-corrected chi connectivity index (χ3v) is 3.23. The van der Waals surface area contributed by atoms with E-state index in [0.717, 1.165) is 6.42 Å². The maximum Gasteiger partial charge on any atom is 0.260 e. The summed E-state index contributed by atoms with van der Waals surface area (Å²) in [5, 5.41) is 2.83. The van der Waals surface area contributed by atoms with Gasteiger partial charge in [0.15, 0.2) is 6.10 Å². The Morgan fingerprint density at radius 1 is 1.24 bits per heavy atom. The van der Waals surface area contributed by atoms with E-state index >= 15 is 0 Å². The van der Waals surface area contributed by atoms with Crippen LogP contribution in [0.25, 0.3) is 0 Å². The average Bonchev–Trinajstić information content (AvgIpc) is 2.43. The molecule has 1 amide bonds. The van der Waals surface area contributed by atoms with Crippen LogP contribution in [0.5, 0.6) is 5.75 Å². The first kappa shape index (κ1) is 17.5. The van der Waals surface area contributed by atoms with Gasteiger partial charge in [-0.1, -0.05) is 32.9 Å². The lowest BCUT2D eigenvalue weighted by Gasteiger charge is -2.20. The van der Waals surface area contributed by atoms with E-state index in [1.54, 1.807) is 14.0 Å². The zero-order chi connectivity index (χ0) is 15.9. The van der Waals surface area contributed by atoms with Gasteiger partial charge in [0, 0.05) is 20.3 Å². The molecule has 1 atom stereocenters. The molecule has 0 aromatic heterocycles. The van der Waals surface area contributed by atoms with Gasteiger partial charge in [-0.3, -0.25) is 4.79 Å². The minimum absolute atomic E-state index is 0.106. The van der Waals surface area contributed by atoms with Gasteiger partial charge >= 0.3 is 0 Å². The number of methoxy groups -OCH3 is 1. The number of carbonyl (C=O) groups excluding carboxylic acids is 1. The summed E-state index contributed by atoms with van der Waals surface area (Å²) in [6.45, 7) is 9.49. The number of benzene rings is 1. The van der Waals surface area contributed by atoms with Gasteiger partial charge in [-0.05, 0) is 36.5 Å². The summed E-state index contributed by atoms with van der Waals surface area (Å²) in [6, 6.07) is 7.90. The molecule has 21 heavy (non-hydrogen) atoms. The summed E-state index contributed by atoms with van der Waals surface area (Å²) in [4.78, 5) is 11.9. The molecule has 0 spiro atoms. The van der Waals surface area contributed by atoms with Gasteiger partial charge in [0.2, 0.25) is 0 Å². The zero-order valence-electron chi connectivity index (χ0n) is 13.7. The highest BCUT2D eigenvalue weighted by molar-refractivity contribution is 5.80. The number of rotatable bonds is 7. The van der Waals surface area contributed by atoms with E-state index < -0.39 is 6.10 Å². The highest BCUT2D eigenvalue weighted by Gasteiger charge is 2.16. The van der Waals surface area contributed by atoms with Crippen LogP contribution in [0.3, 0.4) is 0 Å². The second-order valence-electron chi connectivity index (χ2n) is 6.17. The average molecular weight is 293 g/mol. The Morgan fingerprint density at radius 2 is 1.86 bits per heavy atom. The molecule has 0 radical (unpaired) electrons. The molecule has 0 aliphatic heterocycles. The van der Waals surface area contributed by atoms with Crippen LogP contribution >= 0.6 is 0 Å². The fraction of sp³-hybridized carbons (Fsp3) is 0.588. The Kier molecular flexibility index (Phi) is 6.69. The van der Waals surface area contributed by atoms with Crippen LogP contribution in [0.1, 0.15) is 39.7 Å². The van der Waals surface area contributed by atoms with Crippen molar-refractivity contribution in [2.75, 3.05) is 20.3 Å². The number of nitrogens with one attached hydrogen (secondary N) is 1. The molecule has 0 saturated carbocycles. The summed E-state index contributed by atoms with van der Waals surface area (Å²) < 4.78 is 10.6. The second kappa shape index (κ2) is 8.03. The first-order valence-electron chi connectivity index (χ1n) is 7.38. The van der Waals surface area contributed by atoms with Crippen LogP contribution in [-0.2, 0) is 14.9 Å². The van der Waals surface area contributed by atoms with Crippen molar-refractivity contribution in [1.29, 1.82) is 0 Å². The van der Waals surface area contributed by atoms with Crippen molar-refractivity contribution in [3.8, 4) is 5.75 Å². The van der Waals surface area contributed by atoms with E-state index in [9.17, 15) is 4.79 Å². The fourth-order valence-electron chi connectivity index (χ4n) is 1.86. The van der Waals surface area contributed by atoms with Crippen LogP contribution in [0, 0.1) is 0 Å². The topological polar surface area (TPSA) is 47.6 Å². The molecule has 1 aromatic rings. The zero-order valence-corrected chi connectivity index (χ0v) is 13.7. The minimum atomic E-state index is -0.506. The molecule has 1 unspecified atom stereocenters. The third kappa shape index (κ3) is 6.17. The Labute approximate surface area is 127 Å². The lowest BCUT2D eigenvalue weighted by Crippen LogP contribution is -2.37. The Hall–Kier alpha value is -1.55. The minimum Gasteiger partial charge on any atom is -0.481 e. The third-order valence-electron chi connectivity index (χ3n) is 3.23. The van der Waals surface area contributed by atoms with Crippen LogP contribution in [0.4, 0.5) is 0 Å². The summed E-state index contributed by atoms with van der Waals surface area (Å²) in [5.74, 6) is 0.605. The van der Waals surface area contributed by atoms with Crippen molar-refractivity contribution >= 4 is 5.91 Å². The summed E-state index contributed by atoms with van der Waals surface area (Å²) >= 11 is 0. The molecule has 4 heteroatoms. The molecule has 118 valence electrons. The molecule has 1 aromatic carbocycles. The molecule has 0 bridgehead atoms. The van der Waals surface area contributed by atoms with E-state index in [1.807, 2.05) is 24.3 Å².